The van der Waals surface area contributed by atoms with Gasteiger partial charge in [-0.05, 0) is 49.7 Å². The van der Waals surface area contributed by atoms with E-state index in [4.69, 9.17) is 5.11 Å². The highest BCUT2D eigenvalue weighted by molar-refractivity contribution is 5.97. The normalized spacial score (nSPS) is 11.4. The Balaban J connectivity index is 2.28. The first-order valence-electron chi connectivity index (χ1n) is 7.47. The maximum Gasteiger partial charge on any atom is 0.335 e. The Morgan fingerprint density at radius 2 is 1.88 bits per heavy atom. The van der Waals surface area contributed by atoms with Crippen LogP contribution >= 0.6 is 0 Å². The quantitative estimate of drug-likeness (QED) is 0.747. The standard InChI is InChI=1S/C18H16F2N2O2/c1-9-5-12(6-10(2)21-9)17-14(8-16(19)20)13-7-11(18(23)24)3-4-15(13)22-17/h3-7,16,22H,8H2,1-2H3,(H,23,24). The second-order valence-electron chi connectivity index (χ2n) is 5.78. The van der Waals surface area contributed by atoms with Crippen molar-refractivity contribution in [2.45, 2.75) is 26.7 Å². The molecule has 4 nitrogen and oxygen atoms in total. The molecule has 6 heteroatoms. The molecule has 0 saturated carbocycles. The Morgan fingerprint density at radius 1 is 1.21 bits per heavy atom. The first kappa shape index (κ1) is 16.1. The van der Waals surface area contributed by atoms with Gasteiger partial charge in [0.1, 0.15) is 0 Å². The second-order valence-corrected chi connectivity index (χ2v) is 5.78. The van der Waals surface area contributed by atoms with Gasteiger partial charge in [0.15, 0.2) is 0 Å². The van der Waals surface area contributed by atoms with Crippen molar-refractivity contribution < 1.29 is 18.7 Å². The summed E-state index contributed by atoms with van der Waals surface area (Å²) >= 11 is 0. The van der Waals surface area contributed by atoms with Crippen LogP contribution in [0.15, 0.2) is 30.3 Å². The van der Waals surface area contributed by atoms with Gasteiger partial charge in [-0.2, -0.15) is 0 Å². The summed E-state index contributed by atoms with van der Waals surface area (Å²) in [7, 11) is 0. The zero-order valence-corrected chi connectivity index (χ0v) is 13.2. The third kappa shape index (κ3) is 2.99. The monoisotopic (exact) mass is 330 g/mol. The highest BCUT2D eigenvalue weighted by atomic mass is 19.3. The van der Waals surface area contributed by atoms with Gasteiger partial charge in [0, 0.05) is 34.3 Å². The Morgan fingerprint density at radius 3 is 2.46 bits per heavy atom. The van der Waals surface area contributed by atoms with Crippen molar-refractivity contribution in [2.24, 2.45) is 0 Å². The van der Waals surface area contributed by atoms with Gasteiger partial charge in [-0.25, -0.2) is 13.6 Å². The first-order chi connectivity index (χ1) is 11.3. The predicted octanol–water partition coefficient (Wildman–Crippen LogP) is 4.35. The molecule has 2 aromatic heterocycles. The van der Waals surface area contributed by atoms with Gasteiger partial charge >= 0.3 is 5.97 Å². The number of alkyl halides is 2. The molecule has 0 atom stereocenters. The van der Waals surface area contributed by atoms with Crippen LogP contribution in [0.3, 0.4) is 0 Å². The van der Waals surface area contributed by atoms with E-state index in [0.29, 0.717) is 22.2 Å². The van der Waals surface area contributed by atoms with Crippen LogP contribution in [0, 0.1) is 13.8 Å². The fraction of sp³-hybridized carbons (Fsp3) is 0.222. The summed E-state index contributed by atoms with van der Waals surface area (Å²) in [6.07, 6.45) is -2.97. The van der Waals surface area contributed by atoms with Gasteiger partial charge in [-0.3, -0.25) is 4.98 Å². The Hall–Kier alpha value is -2.76. The third-order valence-corrected chi connectivity index (χ3v) is 3.88. The highest BCUT2D eigenvalue weighted by Crippen LogP contribution is 2.33. The van der Waals surface area contributed by atoms with E-state index in [1.54, 1.807) is 6.07 Å². The summed E-state index contributed by atoms with van der Waals surface area (Å²) in [5.41, 5.74) is 4.07. The molecule has 0 bridgehead atoms. The summed E-state index contributed by atoms with van der Waals surface area (Å²) in [6.45, 7) is 3.68. The van der Waals surface area contributed by atoms with Crippen LogP contribution < -0.4 is 0 Å². The van der Waals surface area contributed by atoms with Gasteiger partial charge in [0.25, 0.3) is 0 Å². The lowest BCUT2D eigenvalue weighted by Gasteiger charge is -2.07. The molecule has 0 aliphatic heterocycles. The van der Waals surface area contributed by atoms with Crippen LogP contribution in [0.1, 0.15) is 27.3 Å². The number of aromatic amines is 1. The molecular weight excluding hydrogens is 314 g/mol. The molecule has 0 unspecified atom stereocenters. The average Bonchev–Trinajstić information content (AvgIpc) is 2.83. The topological polar surface area (TPSA) is 66.0 Å². The molecule has 2 heterocycles. The maximum atomic E-state index is 13.1. The number of aromatic carboxylic acids is 1. The number of H-pyrrole nitrogens is 1. The van der Waals surface area contributed by atoms with E-state index in [2.05, 4.69) is 9.97 Å². The van der Waals surface area contributed by atoms with Crippen LogP contribution in [-0.2, 0) is 6.42 Å². The van der Waals surface area contributed by atoms with Crippen LogP contribution in [0.25, 0.3) is 22.2 Å². The molecular formula is C18H16F2N2O2. The molecule has 0 aliphatic carbocycles. The number of aryl methyl sites for hydroxylation is 2. The number of pyridine rings is 1. The van der Waals surface area contributed by atoms with Crippen LogP contribution in [0.5, 0.6) is 0 Å². The fourth-order valence-corrected chi connectivity index (χ4v) is 2.97. The number of halogens is 2. The number of benzene rings is 1. The second kappa shape index (κ2) is 6.03. The number of carboxylic acid groups (broad SMARTS) is 1. The Labute approximate surface area is 137 Å². The van der Waals surface area contributed by atoms with E-state index in [9.17, 15) is 13.6 Å². The number of aromatic nitrogens is 2. The van der Waals surface area contributed by atoms with E-state index < -0.39 is 18.8 Å². The zero-order chi connectivity index (χ0) is 17.4. The number of fused-ring (bicyclic) bond motifs is 1. The fourth-order valence-electron chi connectivity index (χ4n) is 2.97. The van der Waals surface area contributed by atoms with Crippen molar-refractivity contribution in [1.29, 1.82) is 0 Å². The lowest BCUT2D eigenvalue weighted by Crippen LogP contribution is -1.99. The Kier molecular flexibility index (Phi) is 4.05. The minimum absolute atomic E-state index is 0.0747. The minimum Gasteiger partial charge on any atom is -0.478 e. The molecule has 0 radical (unpaired) electrons. The summed E-state index contributed by atoms with van der Waals surface area (Å²) in [5, 5.41) is 9.66. The lowest BCUT2D eigenvalue weighted by atomic mass is 10.0. The number of nitrogens with zero attached hydrogens (tertiary/aromatic N) is 1. The molecule has 0 aliphatic rings. The molecule has 3 rings (SSSR count). The number of nitrogens with one attached hydrogen (secondary N) is 1. The maximum absolute atomic E-state index is 13.1. The molecule has 1 aromatic carbocycles. The summed E-state index contributed by atoms with van der Waals surface area (Å²) < 4.78 is 26.2. The number of carboxylic acids is 1. The van der Waals surface area contributed by atoms with Crippen molar-refractivity contribution >= 4 is 16.9 Å². The molecule has 0 amide bonds. The highest BCUT2D eigenvalue weighted by Gasteiger charge is 2.19. The number of rotatable bonds is 4. The van der Waals surface area contributed by atoms with Gasteiger partial charge in [-0.1, -0.05) is 0 Å². The van der Waals surface area contributed by atoms with Crippen LogP contribution in [0.2, 0.25) is 0 Å². The van der Waals surface area contributed by atoms with Gasteiger partial charge in [0.2, 0.25) is 6.43 Å². The average molecular weight is 330 g/mol. The summed E-state index contributed by atoms with van der Waals surface area (Å²) in [6, 6.07) is 8.16. The minimum atomic E-state index is -2.53. The zero-order valence-electron chi connectivity index (χ0n) is 13.2. The number of hydrogen-bond donors (Lipinski definition) is 2. The van der Waals surface area contributed by atoms with Crippen molar-refractivity contribution in [2.75, 3.05) is 0 Å². The molecule has 3 aromatic rings. The number of hydrogen-bond acceptors (Lipinski definition) is 2. The molecule has 2 N–H and O–H groups in total. The summed E-state index contributed by atoms with van der Waals surface area (Å²) in [4.78, 5) is 18.6. The third-order valence-electron chi connectivity index (χ3n) is 3.88. The molecule has 124 valence electrons. The molecule has 0 saturated heterocycles. The van der Waals surface area contributed by atoms with Gasteiger partial charge in [-0.15, -0.1) is 0 Å². The van der Waals surface area contributed by atoms with E-state index in [1.807, 2.05) is 26.0 Å². The van der Waals surface area contributed by atoms with E-state index >= 15 is 0 Å². The molecule has 0 spiro atoms. The van der Waals surface area contributed by atoms with Crippen LogP contribution in [-0.4, -0.2) is 27.5 Å². The predicted molar refractivity (Wildman–Crippen MR) is 87.7 cm³/mol. The lowest BCUT2D eigenvalue weighted by molar-refractivity contribution is 0.0697. The van der Waals surface area contributed by atoms with Gasteiger partial charge in [0.05, 0.1) is 11.3 Å². The van der Waals surface area contributed by atoms with Gasteiger partial charge < -0.3 is 10.1 Å². The smallest absolute Gasteiger partial charge is 0.335 e. The first-order valence-corrected chi connectivity index (χ1v) is 7.47. The van der Waals surface area contributed by atoms with E-state index in [-0.39, 0.29) is 5.56 Å². The molecule has 0 fully saturated rings. The van der Waals surface area contributed by atoms with Crippen molar-refractivity contribution in [3.05, 3.63) is 52.8 Å². The SMILES string of the molecule is Cc1cc(-c2[nH]c3ccc(C(=O)O)cc3c2CC(F)F)cc(C)n1. The van der Waals surface area contributed by atoms with Crippen LogP contribution in [0.4, 0.5) is 8.78 Å². The summed E-state index contributed by atoms with van der Waals surface area (Å²) in [5.74, 6) is -1.08. The van der Waals surface area contributed by atoms with Crippen molar-refractivity contribution in [1.82, 2.24) is 9.97 Å². The molecule has 24 heavy (non-hydrogen) atoms. The van der Waals surface area contributed by atoms with Crippen molar-refractivity contribution in [3.8, 4) is 11.3 Å². The van der Waals surface area contributed by atoms with E-state index in [1.165, 1.54) is 12.1 Å². The van der Waals surface area contributed by atoms with E-state index in [0.717, 1.165) is 17.0 Å². The number of carbonyl (C=O) groups is 1. The van der Waals surface area contributed by atoms with Crippen molar-refractivity contribution in [3.63, 3.8) is 0 Å². The largest absolute Gasteiger partial charge is 0.478 e. The Bertz CT molecular complexity index is 912.